The van der Waals surface area contributed by atoms with E-state index in [1.165, 1.54) is 39.4 Å². The summed E-state index contributed by atoms with van der Waals surface area (Å²) in [6, 6.07) is 4.21. The zero-order valence-electron chi connectivity index (χ0n) is 7.28. The molecule has 15 heavy (non-hydrogen) atoms. The van der Waals surface area contributed by atoms with Gasteiger partial charge in [-0.25, -0.2) is 8.42 Å². The van der Waals surface area contributed by atoms with Gasteiger partial charge in [-0.3, -0.25) is 4.79 Å². The Morgan fingerprint density at radius 3 is 2.40 bits per heavy atom. The molecule has 0 saturated carbocycles. The number of aliphatic hydroxyl groups excluding tert-OH is 1. The average molecular weight is 452 g/mol. The minimum absolute atomic E-state index is 0.00637. The van der Waals surface area contributed by atoms with Crippen molar-refractivity contribution in [3.63, 3.8) is 0 Å². The summed E-state index contributed by atoms with van der Waals surface area (Å²) in [5, 5.41) is 8.96. The molecule has 4 nitrogen and oxygen atoms in total. The topological polar surface area (TPSA) is 71.4 Å². The number of benzene rings is 1. The first-order valence-corrected chi connectivity index (χ1v) is 8.85. The molecular formula is C8H6I2O4S. The third kappa shape index (κ3) is 3.36. The number of carbonyl (C=O) groups excluding carboxylic acids is 1. The third-order valence-corrected chi connectivity index (χ3v) is 4.68. The van der Waals surface area contributed by atoms with E-state index < -0.39 is 7.01 Å². The smallest absolute Gasteiger partial charge is 0.231 e. The van der Waals surface area contributed by atoms with Crippen molar-refractivity contribution in [1.29, 1.82) is 0 Å². The van der Waals surface area contributed by atoms with Gasteiger partial charge >= 0.3 is 0 Å². The van der Waals surface area contributed by atoms with Crippen LogP contribution in [0.2, 0.25) is 0 Å². The lowest BCUT2D eigenvalue weighted by Gasteiger charge is -2.05. The summed E-state index contributed by atoms with van der Waals surface area (Å²) in [5.74, 6) is 0. The van der Waals surface area contributed by atoms with Gasteiger partial charge in [0.1, 0.15) is 0 Å². The van der Waals surface area contributed by atoms with E-state index in [-0.39, 0.29) is 15.3 Å². The molecule has 0 heterocycles. The minimum Gasteiger partial charge on any atom is -0.392 e. The fraction of sp³-hybridized carbons (Fsp3) is 0.125. The Kier molecular flexibility index (Phi) is 4.50. The maximum Gasteiger partial charge on any atom is 0.231 e. The van der Waals surface area contributed by atoms with Crippen LogP contribution in [-0.2, 0) is 13.6 Å². The summed E-state index contributed by atoms with van der Waals surface area (Å²) in [7, 11) is -3.45. The van der Waals surface area contributed by atoms with Crippen LogP contribution in [-0.4, -0.2) is 17.3 Å². The summed E-state index contributed by atoms with van der Waals surface area (Å²) >= 11 is 2.86. The highest BCUT2D eigenvalue weighted by Crippen LogP contribution is 2.24. The lowest BCUT2D eigenvalue weighted by Crippen LogP contribution is -2.00. The van der Waals surface area contributed by atoms with Crippen LogP contribution in [0.25, 0.3) is 0 Å². The fourth-order valence-electron chi connectivity index (χ4n) is 1.03. The Bertz CT molecular complexity index is 495. The lowest BCUT2D eigenvalue weighted by atomic mass is 10.1. The highest BCUT2D eigenvalue weighted by atomic mass is 127. The van der Waals surface area contributed by atoms with Crippen LogP contribution in [0, 0.1) is 0 Å². The summed E-state index contributed by atoms with van der Waals surface area (Å²) in [4.78, 5) is 11.0. The Labute approximate surface area is 113 Å². The lowest BCUT2D eigenvalue weighted by molar-refractivity contribution is 0.110. The molecule has 0 amide bonds. The molecule has 0 saturated heterocycles. The normalized spacial score (nSPS) is 11.4. The van der Waals surface area contributed by atoms with E-state index in [1.807, 2.05) is 0 Å². The third-order valence-electron chi connectivity index (χ3n) is 1.73. The second-order valence-electron chi connectivity index (χ2n) is 2.69. The van der Waals surface area contributed by atoms with Crippen molar-refractivity contribution in [3.8, 4) is 0 Å². The van der Waals surface area contributed by atoms with E-state index in [9.17, 15) is 13.2 Å². The summed E-state index contributed by atoms with van der Waals surface area (Å²) in [5.41, 5.74) is 0.605. The molecule has 1 rings (SSSR count). The Morgan fingerprint density at radius 2 is 2.00 bits per heavy atom. The zero-order chi connectivity index (χ0) is 11.6. The van der Waals surface area contributed by atoms with Gasteiger partial charge in [-0.1, -0.05) is 12.1 Å². The molecule has 0 fully saturated rings. The molecule has 7 heteroatoms. The monoisotopic (exact) mass is 452 g/mol. The van der Waals surface area contributed by atoms with Crippen LogP contribution in [0.4, 0.5) is 0 Å². The van der Waals surface area contributed by atoms with Gasteiger partial charge in [-0.05, 0) is 11.6 Å². The van der Waals surface area contributed by atoms with E-state index in [0.29, 0.717) is 11.1 Å². The average Bonchev–Trinajstić information content (AvgIpc) is 2.15. The second kappa shape index (κ2) is 5.06. The molecule has 0 bridgehead atoms. The molecule has 1 N–H and O–H groups in total. The van der Waals surface area contributed by atoms with Crippen molar-refractivity contribution in [1.82, 2.24) is 0 Å². The van der Waals surface area contributed by atoms with E-state index in [0.717, 1.165) is 0 Å². The van der Waals surface area contributed by atoms with Gasteiger partial charge in [-0.15, -0.1) is 0 Å². The van der Waals surface area contributed by atoms with Crippen molar-refractivity contribution >= 4 is 54.6 Å². The fourth-order valence-corrected chi connectivity index (χ4v) is 3.31. The van der Waals surface area contributed by atoms with Crippen molar-refractivity contribution < 1.29 is 18.3 Å². The Hall–Kier alpha value is 0.260. The number of aliphatic hydroxyl groups is 1. The van der Waals surface area contributed by atoms with Crippen LogP contribution in [0.3, 0.4) is 0 Å². The summed E-state index contributed by atoms with van der Waals surface area (Å²) in [6.45, 7) is -0.368. The first kappa shape index (κ1) is 13.3. The molecule has 1 aromatic rings. The van der Waals surface area contributed by atoms with E-state index in [1.54, 1.807) is 22.6 Å². The number of hydrogen-bond donors (Lipinski definition) is 1. The predicted octanol–water partition coefficient (Wildman–Crippen LogP) is 1.88. The first-order chi connectivity index (χ1) is 6.86. The maximum absolute atomic E-state index is 11.3. The van der Waals surface area contributed by atoms with Crippen LogP contribution >= 0.6 is 43.8 Å². The van der Waals surface area contributed by atoms with Crippen molar-refractivity contribution in [2.24, 2.45) is 0 Å². The Morgan fingerprint density at radius 1 is 1.40 bits per heavy atom. The first-order valence-electron chi connectivity index (χ1n) is 3.74. The molecule has 0 unspecified atom stereocenters. The van der Waals surface area contributed by atoms with Gasteiger partial charge in [0, 0.05) is 28.2 Å². The number of carbonyl (C=O) groups is 1. The van der Waals surface area contributed by atoms with Crippen LogP contribution in [0.15, 0.2) is 23.1 Å². The zero-order valence-corrected chi connectivity index (χ0v) is 12.4. The maximum atomic E-state index is 11.3. The van der Waals surface area contributed by atoms with Crippen molar-refractivity contribution in [2.45, 2.75) is 11.5 Å². The molecule has 82 valence electrons. The van der Waals surface area contributed by atoms with Crippen molar-refractivity contribution in [2.75, 3.05) is 0 Å². The molecule has 0 atom stereocenters. The molecule has 0 aliphatic rings. The molecule has 1 aromatic carbocycles. The Balaban J connectivity index is 3.46. The SMILES string of the molecule is O=C(I)c1ccc(CO)c(S(=O)(=O)I)c1. The highest BCUT2D eigenvalue weighted by molar-refractivity contribution is 14.2. The van der Waals surface area contributed by atoms with Crippen LogP contribution in [0.5, 0.6) is 0 Å². The summed E-state index contributed by atoms with van der Waals surface area (Å²) < 4.78 is 22.5. The number of rotatable bonds is 3. The molecule has 0 aromatic heterocycles. The number of hydrogen-bond acceptors (Lipinski definition) is 4. The number of halogens is 2. The van der Waals surface area contributed by atoms with Gasteiger partial charge in [0.05, 0.1) is 32.7 Å². The summed E-state index contributed by atoms with van der Waals surface area (Å²) in [6.07, 6.45) is 0. The van der Waals surface area contributed by atoms with E-state index in [4.69, 9.17) is 5.11 Å². The quantitative estimate of drug-likeness (QED) is 0.562. The van der Waals surface area contributed by atoms with Crippen LogP contribution in [0.1, 0.15) is 15.9 Å². The highest BCUT2D eigenvalue weighted by Gasteiger charge is 2.16. The molecule has 0 radical (unpaired) electrons. The largest absolute Gasteiger partial charge is 0.392 e. The standard InChI is InChI=1S/C8H6I2O4S/c9-8(12)5-1-2-6(4-11)7(3-5)15(10,13)14/h1-3,11H,4H2. The van der Waals surface area contributed by atoms with Gasteiger partial charge in [0.15, 0.2) is 0 Å². The minimum atomic E-state index is -3.45. The second-order valence-corrected chi connectivity index (χ2v) is 8.47. The van der Waals surface area contributed by atoms with E-state index in [2.05, 4.69) is 0 Å². The van der Waals surface area contributed by atoms with Gasteiger partial charge < -0.3 is 5.11 Å². The molecule has 0 spiro atoms. The van der Waals surface area contributed by atoms with Crippen molar-refractivity contribution in [3.05, 3.63) is 29.3 Å². The van der Waals surface area contributed by atoms with Gasteiger partial charge in [-0.2, -0.15) is 0 Å². The molecule has 0 aliphatic heterocycles. The molecular weight excluding hydrogens is 446 g/mol. The van der Waals surface area contributed by atoms with Crippen LogP contribution < -0.4 is 0 Å². The predicted molar refractivity (Wildman–Crippen MR) is 71.9 cm³/mol. The van der Waals surface area contributed by atoms with Gasteiger partial charge in [0.25, 0.3) is 0 Å². The van der Waals surface area contributed by atoms with E-state index >= 15 is 0 Å². The van der Waals surface area contributed by atoms with Gasteiger partial charge in [0.2, 0.25) is 10.8 Å². The molecule has 0 aliphatic carbocycles.